The van der Waals surface area contributed by atoms with E-state index in [1.54, 1.807) is 0 Å². The van der Waals surface area contributed by atoms with E-state index in [2.05, 4.69) is 328 Å². The van der Waals surface area contributed by atoms with Crippen LogP contribution in [0.4, 0.5) is 0 Å². The van der Waals surface area contributed by atoms with Gasteiger partial charge in [-0.2, -0.15) is 0 Å². The molecule has 8 heteroatoms. The van der Waals surface area contributed by atoms with Crippen molar-refractivity contribution in [2.45, 2.75) is 151 Å². The molecule has 0 aliphatic rings. The van der Waals surface area contributed by atoms with Gasteiger partial charge < -0.3 is 17.7 Å². The van der Waals surface area contributed by atoms with Crippen molar-refractivity contribution in [1.29, 1.82) is 0 Å². The van der Waals surface area contributed by atoms with Crippen LogP contribution in [-0.2, 0) is 21.7 Å². The van der Waals surface area contributed by atoms with Gasteiger partial charge >= 0.3 is 39.1 Å². The minimum atomic E-state index is -0.217. The summed E-state index contributed by atoms with van der Waals surface area (Å²) in [6.45, 7) is 36.1. The van der Waals surface area contributed by atoms with Crippen LogP contribution in [0.3, 0.4) is 0 Å². The van der Waals surface area contributed by atoms with Crippen LogP contribution in [0.1, 0.15) is 190 Å². The zero-order valence-electron chi connectivity index (χ0n) is 54.3. The van der Waals surface area contributed by atoms with Crippen LogP contribution in [0, 0.1) is 27.7 Å². The summed E-state index contributed by atoms with van der Waals surface area (Å²) >= 11 is 0. The van der Waals surface area contributed by atoms with Gasteiger partial charge in [-0.1, -0.05) is 276 Å². The lowest BCUT2D eigenvalue weighted by atomic mass is 9.77. The molecule has 444 valence electrons. The first-order chi connectivity index (χ1) is 41.3. The molecular weight excluding hydrogens is 1130 g/mol. The van der Waals surface area contributed by atoms with E-state index in [9.17, 15) is 0 Å². The monoisotopic (exact) mass is 1210 g/mol. The molecule has 0 fully saturated rings. The molecule has 0 amide bonds. The highest BCUT2D eigenvalue weighted by atomic mass is 28.2. The van der Waals surface area contributed by atoms with E-state index < -0.39 is 0 Å². The molecule has 0 heterocycles. The Kier molecular flexibility index (Phi) is 22.1. The van der Waals surface area contributed by atoms with Gasteiger partial charge in [0.2, 0.25) is 0 Å². The average molecular weight is 1210 g/mol. The van der Waals surface area contributed by atoms with Gasteiger partial charge in [0.15, 0.2) is 0 Å². The molecule has 8 aromatic rings. The molecule has 4 nitrogen and oxygen atoms in total. The molecule has 87 heavy (non-hydrogen) atoms. The van der Waals surface area contributed by atoms with Gasteiger partial charge in [-0.15, -0.1) is 0 Å². The van der Waals surface area contributed by atoms with Gasteiger partial charge in [0.05, 0.1) is 0 Å². The van der Waals surface area contributed by atoms with Crippen molar-refractivity contribution < 1.29 is 17.7 Å². The summed E-state index contributed by atoms with van der Waals surface area (Å²) in [4.78, 5) is 0. The van der Waals surface area contributed by atoms with Crippen molar-refractivity contribution in [3.8, 4) is 23.0 Å². The van der Waals surface area contributed by atoms with Crippen LogP contribution >= 0.6 is 0 Å². The van der Waals surface area contributed by atoms with E-state index in [0.29, 0.717) is 6.42 Å². The van der Waals surface area contributed by atoms with Crippen molar-refractivity contribution >= 4 is 63.4 Å². The lowest BCUT2D eigenvalue weighted by molar-refractivity contribution is 0.528. The van der Waals surface area contributed by atoms with Crippen LogP contribution in [0.2, 0.25) is 0 Å². The molecular formula is C79H88O4Si4. The Bertz CT molecular complexity index is 3260. The fourth-order valence-electron chi connectivity index (χ4n) is 11.6. The highest BCUT2D eigenvalue weighted by Crippen LogP contribution is 2.48. The summed E-state index contributed by atoms with van der Waals surface area (Å²) in [6, 6.07) is 61.2. The minimum Gasteiger partial charge on any atom is -0.536 e. The third-order valence-electron chi connectivity index (χ3n) is 16.0. The number of aryl methyl sites for hydroxylation is 4. The highest BCUT2D eigenvalue weighted by Gasteiger charge is 2.31. The molecule has 0 spiro atoms. The van der Waals surface area contributed by atoms with Gasteiger partial charge in [-0.05, 0) is 147 Å². The first kappa shape index (κ1) is 65.8. The Labute approximate surface area is 533 Å². The molecule has 0 bridgehead atoms. The van der Waals surface area contributed by atoms with Crippen molar-refractivity contribution in [3.63, 3.8) is 0 Å². The van der Waals surface area contributed by atoms with E-state index in [4.69, 9.17) is 17.7 Å². The second-order valence-electron chi connectivity index (χ2n) is 27.0. The standard InChI is InChI=1S/C79H88O4Si4/c1-54-33-37-58(49-68(54)76(5,6)7)41-45-84-80-72-29-21-17-25-62(72)66(63-26-18-22-30-73(63)81-85-46-42-59-38-34-55(2)69(50-59)77(8,9)10)53-67(64-27-19-23-31-74(64)82-86-47-43-60-39-35-56(3)70(51-60)78(11,12)13)65-28-20-24-32-75(65)83-87-48-44-61-40-36-57(4)71(52-61)79(14,15)16/h17-52,66-67H,53H2,1-16H3. The second-order valence-corrected chi connectivity index (χ2v) is 30.1. The summed E-state index contributed by atoms with van der Waals surface area (Å²) in [7, 11) is 0.305. The molecule has 8 aromatic carbocycles. The van der Waals surface area contributed by atoms with Crippen LogP contribution < -0.4 is 17.7 Å². The van der Waals surface area contributed by atoms with Crippen LogP contribution in [-0.4, -0.2) is 39.1 Å². The summed E-state index contributed by atoms with van der Waals surface area (Å²) in [5.41, 5.74) is 28.3. The fraction of sp³-hybridized carbons (Fsp3) is 0.291. The number of hydrogen-bond acceptors (Lipinski definition) is 4. The molecule has 0 saturated carbocycles. The molecule has 0 N–H and O–H groups in total. The summed E-state index contributed by atoms with van der Waals surface area (Å²) in [5.74, 6) is 2.89. The van der Waals surface area contributed by atoms with Gasteiger partial charge in [-0.3, -0.25) is 0 Å². The first-order valence-corrected chi connectivity index (χ1v) is 34.5. The number of para-hydroxylation sites is 4. The van der Waals surface area contributed by atoms with Gasteiger partial charge in [0, 0.05) is 34.1 Å². The van der Waals surface area contributed by atoms with Crippen molar-refractivity contribution in [2.75, 3.05) is 0 Å². The third kappa shape index (κ3) is 18.0. The van der Waals surface area contributed by atoms with E-state index in [1.165, 1.54) is 44.5 Å². The maximum absolute atomic E-state index is 6.95. The maximum Gasteiger partial charge on any atom is 0.343 e. The van der Waals surface area contributed by atoms with E-state index >= 15 is 0 Å². The predicted octanol–water partition coefficient (Wildman–Crippen LogP) is 20.1. The van der Waals surface area contributed by atoms with Gasteiger partial charge in [0.25, 0.3) is 0 Å². The minimum absolute atomic E-state index is 0.0393. The molecule has 0 unspecified atom stereocenters. The lowest BCUT2D eigenvalue weighted by Crippen LogP contribution is -2.15. The Morgan fingerprint density at radius 3 is 0.713 bits per heavy atom. The zero-order valence-corrected chi connectivity index (χ0v) is 58.3. The van der Waals surface area contributed by atoms with E-state index in [0.717, 1.165) is 67.5 Å². The van der Waals surface area contributed by atoms with Crippen LogP contribution in [0.5, 0.6) is 23.0 Å². The molecule has 8 rings (SSSR count). The van der Waals surface area contributed by atoms with Crippen LogP contribution in [0.15, 0.2) is 193 Å². The molecule has 0 aliphatic heterocycles. The summed E-state index contributed by atoms with van der Waals surface area (Å²) < 4.78 is 27.8. The Morgan fingerprint density at radius 2 is 0.506 bits per heavy atom. The molecule has 0 aromatic heterocycles. The molecule has 0 atom stereocenters. The number of benzene rings is 8. The quantitative estimate of drug-likeness (QED) is 0.0634. The van der Waals surface area contributed by atoms with Crippen molar-refractivity contribution in [2.24, 2.45) is 0 Å². The Hall–Kier alpha value is -7.21. The van der Waals surface area contributed by atoms with Crippen molar-refractivity contribution in [1.82, 2.24) is 0 Å². The maximum atomic E-state index is 6.95. The average Bonchev–Trinajstić information content (AvgIpc) is 1.19. The normalized spacial score (nSPS) is 13.2. The van der Waals surface area contributed by atoms with E-state index in [-0.39, 0.29) is 72.5 Å². The summed E-state index contributed by atoms with van der Waals surface area (Å²) in [6.07, 6.45) is 9.39. The van der Waals surface area contributed by atoms with E-state index in [1.807, 2.05) is 0 Å². The number of hydrogen-bond donors (Lipinski definition) is 0. The SMILES string of the molecule is Cc1ccc(C=C[Si]Oc2ccccc2C(CC(c2ccccc2O[Si]C=Cc2ccc(C)c(C(C)(C)C)c2)c2ccccc2O[Si]C=Cc2ccc(C)c(C(C)(C)C)c2)c2ccccc2O[Si]C=Cc2ccc(C)c(C(C)(C)C)c2)cc1C(C)(C)C. The number of rotatable bonds is 22. The van der Waals surface area contributed by atoms with Crippen molar-refractivity contribution in [3.05, 3.63) is 282 Å². The Balaban J connectivity index is 1.20. The largest absolute Gasteiger partial charge is 0.536 e. The topological polar surface area (TPSA) is 36.9 Å². The first-order valence-electron chi connectivity index (χ1n) is 30.5. The summed E-state index contributed by atoms with van der Waals surface area (Å²) in [5, 5.41) is 0. The third-order valence-corrected chi connectivity index (χ3v) is 18.5. The lowest BCUT2D eigenvalue weighted by Gasteiger charge is -2.30. The Morgan fingerprint density at radius 1 is 0.299 bits per heavy atom. The fourth-order valence-corrected chi connectivity index (χ4v) is 14.2. The van der Waals surface area contributed by atoms with Gasteiger partial charge in [0.1, 0.15) is 23.0 Å². The predicted molar refractivity (Wildman–Crippen MR) is 375 cm³/mol. The van der Waals surface area contributed by atoms with Crippen LogP contribution in [0.25, 0.3) is 24.3 Å². The van der Waals surface area contributed by atoms with Gasteiger partial charge in [-0.25, -0.2) is 0 Å². The molecule has 8 radical (unpaired) electrons. The molecule has 0 saturated heterocycles. The highest BCUT2D eigenvalue weighted by molar-refractivity contribution is 6.38. The zero-order chi connectivity index (χ0) is 62.5. The smallest absolute Gasteiger partial charge is 0.343 e. The second kappa shape index (κ2) is 29.2. The molecule has 0 aliphatic carbocycles.